The van der Waals surface area contributed by atoms with Crippen LogP contribution in [0.2, 0.25) is 0 Å². The largest absolute Gasteiger partial charge is 0.497 e. The van der Waals surface area contributed by atoms with Crippen LogP contribution in [-0.2, 0) is 16.4 Å². The molecule has 6 heteroatoms. The molecule has 0 spiro atoms. The Morgan fingerprint density at radius 1 is 1.19 bits per heavy atom. The van der Waals surface area contributed by atoms with Gasteiger partial charge in [0, 0.05) is 18.2 Å². The number of hydrogen-bond acceptors (Lipinski definition) is 4. The molecular formula is C20H23NO4S. The van der Waals surface area contributed by atoms with E-state index < -0.39 is 9.84 Å². The van der Waals surface area contributed by atoms with Gasteiger partial charge in [-0.1, -0.05) is 35.9 Å². The normalized spacial score (nSPS) is 18.5. The van der Waals surface area contributed by atoms with Crippen molar-refractivity contribution in [1.82, 2.24) is 4.90 Å². The molecule has 1 amide bonds. The van der Waals surface area contributed by atoms with Gasteiger partial charge in [0.25, 0.3) is 5.91 Å². The summed E-state index contributed by atoms with van der Waals surface area (Å²) in [7, 11) is -1.53. The van der Waals surface area contributed by atoms with Gasteiger partial charge < -0.3 is 9.64 Å². The van der Waals surface area contributed by atoms with Crippen LogP contribution in [-0.4, -0.2) is 43.9 Å². The van der Waals surface area contributed by atoms with Crippen LogP contribution in [0.15, 0.2) is 48.5 Å². The minimum atomic E-state index is -3.09. The highest BCUT2D eigenvalue weighted by molar-refractivity contribution is 7.91. The van der Waals surface area contributed by atoms with Crippen molar-refractivity contribution in [2.45, 2.75) is 25.9 Å². The van der Waals surface area contributed by atoms with Crippen molar-refractivity contribution >= 4 is 15.7 Å². The van der Waals surface area contributed by atoms with Crippen LogP contribution >= 0.6 is 0 Å². The molecule has 0 N–H and O–H groups in total. The molecule has 5 nitrogen and oxygen atoms in total. The second-order valence-electron chi connectivity index (χ2n) is 6.71. The molecule has 138 valence electrons. The van der Waals surface area contributed by atoms with Crippen LogP contribution in [0.5, 0.6) is 5.75 Å². The summed E-state index contributed by atoms with van der Waals surface area (Å²) in [6, 6.07) is 14.6. The molecule has 2 aromatic carbocycles. The summed E-state index contributed by atoms with van der Waals surface area (Å²) in [4.78, 5) is 14.8. The number of nitrogens with zero attached hydrogens (tertiary/aromatic N) is 1. The number of methoxy groups -OCH3 is 1. The Hall–Kier alpha value is -2.34. The SMILES string of the molecule is COc1cccc(C(=O)N(Cc2ccc(C)cc2)C2CCS(=O)(=O)C2)c1. The zero-order valence-electron chi connectivity index (χ0n) is 15.0. The first-order valence-electron chi connectivity index (χ1n) is 8.59. The lowest BCUT2D eigenvalue weighted by atomic mass is 10.1. The predicted octanol–water partition coefficient (Wildman–Crippen LogP) is 2.83. The number of hydrogen-bond donors (Lipinski definition) is 0. The van der Waals surface area contributed by atoms with Crippen molar-refractivity contribution in [2.75, 3.05) is 18.6 Å². The number of carbonyl (C=O) groups is 1. The van der Waals surface area contributed by atoms with Crippen molar-refractivity contribution in [2.24, 2.45) is 0 Å². The van der Waals surface area contributed by atoms with E-state index in [0.717, 1.165) is 11.1 Å². The summed E-state index contributed by atoms with van der Waals surface area (Å²) in [5.41, 5.74) is 2.62. The molecule has 1 fully saturated rings. The number of ether oxygens (including phenoxy) is 1. The maximum Gasteiger partial charge on any atom is 0.254 e. The van der Waals surface area contributed by atoms with Gasteiger partial charge in [-0.25, -0.2) is 8.42 Å². The molecule has 3 rings (SSSR count). The van der Waals surface area contributed by atoms with Crippen molar-refractivity contribution in [1.29, 1.82) is 0 Å². The average Bonchev–Trinajstić information content (AvgIpc) is 3.00. The summed E-state index contributed by atoms with van der Waals surface area (Å²) in [6.45, 7) is 2.39. The Morgan fingerprint density at radius 2 is 1.92 bits per heavy atom. The predicted molar refractivity (Wildman–Crippen MR) is 101 cm³/mol. The van der Waals surface area contributed by atoms with Crippen molar-refractivity contribution in [3.05, 3.63) is 65.2 Å². The van der Waals surface area contributed by atoms with Gasteiger partial charge in [-0.05, 0) is 37.1 Å². The third-order valence-corrected chi connectivity index (χ3v) is 6.45. The summed E-state index contributed by atoms with van der Waals surface area (Å²) in [5.74, 6) is 0.582. The van der Waals surface area contributed by atoms with Gasteiger partial charge in [0.15, 0.2) is 9.84 Å². The Balaban J connectivity index is 1.91. The lowest BCUT2D eigenvalue weighted by molar-refractivity contribution is 0.0680. The van der Waals surface area contributed by atoms with Crippen LogP contribution in [0.4, 0.5) is 0 Å². The van der Waals surface area contributed by atoms with E-state index in [0.29, 0.717) is 24.3 Å². The van der Waals surface area contributed by atoms with E-state index in [1.807, 2.05) is 31.2 Å². The molecule has 0 radical (unpaired) electrons. The number of carbonyl (C=O) groups excluding carboxylic acids is 1. The standard InChI is InChI=1S/C20H23NO4S/c1-15-6-8-16(9-7-15)13-21(18-10-11-26(23,24)14-18)20(22)17-4-3-5-19(12-17)25-2/h3-9,12,18H,10-11,13-14H2,1-2H3. The third-order valence-electron chi connectivity index (χ3n) is 4.70. The van der Waals surface area contributed by atoms with E-state index in [1.54, 1.807) is 36.3 Å². The molecule has 0 saturated carbocycles. The van der Waals surface area contributed by atoms with E-state index in [4.69, 9.17) is 4.74 Å². The fraction of sp³-hybridized carbons (Fsp3) is 0.350. The molecule has 1 saturated heterocycles. The average molecular weight is 373 g/mol. The van der Waals surface area contributed by atoms with Crippen molar-refractivity contribution in [3.63, 3.8) is 0 Å². The smallest absolute Gasteiger partial charge is 0.254 e. The monoisotopic (exact) mass is 373 g/mol. The number of rotatable bonds is 5. The Bertz CT molecular complexity index is 890. The van der Waals surface area contributed by atoms with Gasteiger partial charge in [0.2, 0.25) is 0 Å². The lowest BCUT2D eigenvalue weighted by Gasteiger charge is -2.28. The maximum absolute atomic E-state index is 13.2. The number of benzene rings is 2. The van der Waals surface area contributed by atoms with Crippen LogP contribution < -0.4 is 4.74 Å². The van der Waals surface area contributed by atoms with Gasteiger partial charge in [-0.15, -0.1) is 0 Å². The zero-order valence-corrected chi connectivity index (χ0v) is 15.8. The van der Waals surface area contributed by atoms with Gasteiger partial charge in [-0.3, -0.25) is 4.79 Å². The molecule has 0 aliphatic carbocycles. The molecule has 1 aliphatic heterocycles. The first-order valence-corrected chi connectivity index (χ1v) is 10.4. The highest BCUT2D eigenvalue weighted by atomic mass is 32.2. The summed E-state index contributed by atoms with van der Waals surface area (Å²) in [5, 5.41) is 0. The quantitative estimate of drug-likeness (QED) is 0.808. The van der Waals surface area contributed by atoms with E-state index in [1.165, 1.54) is 0 Å². The van der Waals surface area contributed by atoms with Gasteiger partial charge in [0.05, 0.1) is 18.6 Å². The summed E-state index contributed by atoms with van der Waals surface area (Å²) >= 11 is 0. The van der Waals surface area contributed by atoms with E-state index in [-0.39, 0.29) is 23.5 Å². The van der Waals surface area contributed by atoms with E-state index in [2.05, 4.69) is 0 Å². The first-order chi connectivity index (χ1) is 12.4. The highest BCUT2D eigenvalue weighted by Gasteiger charge is 2.35. The minimum absolute atomic E-state index is 0.0224. The lowest BCUT2D eigenvalue weighted by Crippen LogP contribution is -2.40. The number of sulfone groups is 1. The van der Waals surface area contributed by atoms with E-state index >= 15 is 0 Å². The highest BCUT2D eigenvalue weighted by Crippen LogP contribution is 2.24. The second-order valence-corrected chi connectivity index (χ2v) is 8.94. The molecular weight excluding hydrogens is 350 g/mol. The van der Waals surface area contributed by atoms with Crippen LogP contribution in [0, 0.1) is 6.92 Å². The number of aryl methyl sites for hydroxylation is 1. The molecule has 0 bridgehead atoms. The van der Waals surface area contributed by atoms with Crippen LogP contribution in [0.3, 0.4) is 0 Å². The van der Waals surface area contributed by atoms with E-state index in [9.17, 15) is 13.2 Å². The van der Waals surface area contributed by atoms with Gasteiger partial charge >= 0.3 is 0 Å². The van der Waals surface area contributed by atoms with Gasteiger partial charge in [0.1, 0.15) is 5.75 Å². The van der Waals surface area contributed by atoms with Crippen LogP contribution in [0.25, 0.3) is 0 Å². The molecule has 26 heavy (non-hydrogen) atoms. The second kappa shape index (κ2) is 7.50. The minimum Gasteiger partial charge on any atom is -0.497 e. The molecule has 1 heterocycles. The third kappa shape index (κ3) is 4.25. The molecule has 1 unspecified atom stereocenters. The Morgan fingerprint density at radius 3 is 2.54 bits per heavy atom. The van der Waals surface area contributed by atoms with Gasteiger partial charge in [-0.2, -0.15) is 0 Å². The fourth-order valence-corrected chi connectivity index (χ4v) is 4.93. The first kappa shape index (κ1) is 18.5. The Labute approximate surface area is 154 Å². The molecule has 0 aromatic heterocycles. The topological polar surface area (TPSA) is 63.7 Å². The Kier molecular flexibility index (Phi) is 5.32. The summed E-state index contributed by atoms with van der Waals surface area (Å²) in [6.07, 6.45) is 0.476. The van der Waals surface area contributed by atoms with Crippen LogP contribution in [0.1, 0.15) is 27.9 Å². The summed E-state index contributed by atoms with van der Waals surface area (Å²) < 4.78 is 29.1. The molecule has 2 aromatic rings. The van der Waals surface area contributed by atoms with Crippen molar-refractivity contribution in [3.8, 4) is 5.75 Å². The maximum atomic E-state index is 13.2. The van der Waals surface area contributed by atoms with Crippen molar-refractivity contribution < 1.29 is 17.9 Å². The zero-order chi connectivity index (χ0) is 18.7. The fourth-order valence-electron chi connectivity index (χ4n) is 3.20. The number of amides is 1. The molecule has 1 atom stereocenters. The molecule has 1 aliphatic rings.